The van der Waals surface area contributed by atoms with Gasteiger partial charge in [0.1, 0.15) is 12.1 Å². The lowest BCUT2D eigenvalue weighted by molar-refractivity contribution is -0.138. The molecule has 0 spiro atoms. The van der Waals surface area contributed by atoms with Gasteiger partial charge in [-0.2, -0.15) is 5.26 Å². The maximum atomic E-state index is 11.2. The molecule has 2 heterocycles. The molecule has 0 aromatic carbocycles. The van der Waals surface area contributed by atoms with Crippen molar-refractivity contribution in [3.8, 4) is 6.07 Å². The van der Waals surface area contributed by atoms with Crippen LogP contribution in [-0.4, -0.2) is 41.9 Å². The molecule has 0 bridgehead atoms. The number of anilines is 1. The Labute approximate surface area is 104 Å². The smallest absolute Gasteiger partial charge is 0.326 e. The van der Waals surface area contributed by atoms with E-state index < -0.39 is 12.0 Å². The van der Waals surface area contributed by atoms with Gasteiger partial charge in [0.25, 0.3) is 0 Å². The molecule has 1 saturated heterocycles. The lowest BCUT2D eigenvalue weighted by atomic mass is 10.2. The summed E-state index contributed by atoms with van der Waals surface area (Å²) in [5.41, 5.74) is 0.785. The topological polar surface area (TPSA) is 86.5 Å². The monoisotopic (exact) mass is 247 g/mol. The molecule has 0 radical (unpaired) electrons. The highest BCUT2D eigenvalue weighted by Gasteiger charge is 2.38. The van der Waals surface area contributed by atoms with E-state index in [1.54, 1.807) is 24.1 Å². The minimum atomic E-state index is -0.915. The summed E-state index contributed by atoms with van der Waals surface area (Å²) in [6, 6.07) is 4.70. The van der Waals surface area contributed by atoms with Gasteiger partial charge in [0, 0.05) is 26.3 Å². The van der Waals surface area contributed by atoms with Gasteiger partial charge in [0.05, 0.1) is 11.8 Å². The third-order valence-electron chi connectivity index (χ3n) is 3.08. The number of hydrogen-bond donors (Lipinski definition) is 1. The van der Waals surface area contributed by atoms with Crippen molar-refractivity contribution >= 4 is 11.7 Å². The second kappa shape index (κ2) is 5.02. The van der Waals surface area contributed by atoms with Gasteiger partial charge in [-0.1, -0.05) is 0 Å². The van der Waals surface area contributed by atoms with Crippen LogP contribution in [0.15, 0.2) is 18.3 Å². The first kappa shape index (κ1) is 12.3. The summed E-state index contributed by atoms with van der Waals surface area (Å²) in [4.78, 5) is 16.9. The summed E-state index contributed by atoms with van der Waals surface area (Å²) in [5, 5.41) is 18.2. The lowest BCUT2D eigenvalue weighted by Crippen LogP contribution is -2.36. The summed E-state index contributed by atoms with van der Waals surface area (Å²) >= 11 is 0. The maximum absolute atomic E-state index is 11.2. The third-order valence-corrected chi connectivity index (χ3v) is 3.08. The second-order valence-electron chi connectivity index (χ2n) is 4.08. The number of carboxylic acids is 1. The molecule has 0 saturated carbocycles. The zero-order chi connectivity index (χ0) is 13.1. The van der Waals surface area contributed by atoms with E-state index in [2.05, 4.69) is 4.98 Å². The van der Waals surface area contributed by atoms with Crippen LogP contribution in [0.5, 0.6) is 0 Å². The fourth-order valence-electron chi connectivity index (χ4n) is 2.18. The van der Waals surface area contributed by atoms with Crippen LogP contribution in [0.25, 0.3) is 0 Å². The highest BCUT2D eigenvalue weighted by atomic mass is 16.5. The highest BCUT2D eigenvalue weighted by Crippen LogP contribution is 2.28. The maximum Gasteiger partial charge on any atom is 0.326 e. The first-order valence-electron chi connectivity index (χ1n) is 5.54. The Bertz CT molecular complexity index is 498. The van der Waals surface area contributed by atoms with Crippen molar-refractivity contribution in [3.05, 3.63) is 24.0 Å². The molecule has 6 nitrogen and oxygen atoms in total. The van der Waals surface area contributed by atoms with Crippen LogP contribution in [0.2, 0.25) is 0 Å². The SMILES string of the molecule is COC1CC(C(=O)O)N(c2cccnc2C#N)C1. The van der Waals surface area contributed by atoms with E-state index in [4.69, 9.17) is 10.00 Å². The molecule has 0 amide bonds. The van der Waals surface area contributed by atoms with Crippen molar-refractivity contribution < 1.29 is 14.6 Å². The summed E-state index contributed by atoms with van der Waals surface area (Å²) in [7, 11) is 1.56. The largest absolute Gasteiger partial charge is 0.480 e. The van der Waals surface area contributed by atoms with Gasteiger partial charge in [-0.05, 0) is 12.1 Å². The standard InChI is InChI=1S/C12H13N3O3/c1-18-8-5-11(12(16)17)15(7-8)10-3-2-4-14-9(10)6-13/h2-4,8,11H,5,7H2,1H3,(H,16,17). The first-order chi connectivity index (χ1) is 8.67. The van der Waals surface area contributed by atoms with Gasteiger partial charge in [-0.15, -0.1) is 0 Å². The molecule has 2 unspecified atom stereocenters. The van der Waals surface area contributed by atoms with Gasteiger partial charge in [-0.25, -0.2) is 9.78 Å². The van der Waals surface area contributed by atoms with Crippen molar-refractivity contribution in [2.45, 2.75) is 18.6 Å². The quantitative estimate of drug-likeness (QED) is 0.843. The lowest BCUT2D eigenvalue weighted by Gasteiger charge is -2.23. The molecular weight excluding hydrogens is 234 g/mol. The molecule has 94 valence electrons. The number of rotatable bonds is 3. The van der Waals surface area contributed by atoms with E-state index in [-0.39, 0.29) is 11.8 Å². The number of carboxylic acid groups (broad SMARTS) is 1. The molecule has 2 atom stereocenters. The molecule has 1 aromatic rings. The number of pyridine rings is 1. The number of ether oxygens (including phenoxy) is 1. The number of aromatic nitrogens is 1. The van der Waals surface area contributed by atoms with Crippen LogP contribution in [0.3, 0.4) is 0 Å². The molecule has 1 aromatic heterocycles. The summed E-state index contributed by atoms with van der Waals surface area (Å²) in [6.45, 7) is 0.452. The Hall–Kier alpha value is -2.13. The number of carbonyl (C=O) groups is 1. The Morgan fingerprint density at radius 2 is 2.50 bits per heavy atom. The van der Waals surface area contributed by atoms with Crippen molar-refractivity contribution in [2.24, 2.45) is 0 Å². The van der Waals surface area contributed by atoms with Gasteiger partial charge >= 0.3 is 5.97 Å². The minimum Gasteiger partial charge on any atom is -0.480 e. The van der Waals surface area contributed by atoms with Crippen LogP contribution in [0.4, 0.5) is 5.69 Å². The van der Waals surface area contributed by atoms with E-state index in [1.165, 1.54) is 6.20 Å². The van der Waals surface area contributed by atoms with E-state index >= 15 is 0 Å². The van der Waals surface area contributed by atoms with Crippen molar-refractivity contribution in [3.63, 3.8) is 0 Å². The normalized spacial score (nSPS) is 22.8. The number of hydrogen-bond acceptors (Lipinski definition) is 5. The Kier molecular flexibility index (Phi) is 3.44. The first-order valence-corrected chi connectivity index (χ1v) is 5.54. The average molecular weight is 247 g/mol. The van der Waals surface area contributed by atoms with E-state index in [9.17, 15) is 9.90 Å². The van der Waals surface area contributed by atoms with Crippen LogP contribution in [0, 0.1) is 11.3 Å². The summed E-state index contributed by atoms with van der Waals surface area (Å²) < 4.78 is 5.21. The van der Waals surface area contributed by atoms with Crippen molar-refractivity contribution in [1.29, 1.82) is 5.26 Å². The zero-order valence-corrected chi connectivity index (χ0v) is 9.91. The minimum absolute atomic E-state index is 0.141. The van der Waals surface area contributed by atoms with Crippen LogP contribution in [0.1, 0.15) is 12.1 Å². The average Bonchev–Trinajstić information content (AvgIpc) is 2.83. The molecule has 18 heavy (non-hydrogen) atoms. The fraction of sp³-hybridized carbons (Fsp3) is 0.417. The van der Waals surface area contributed by atoms with Gasteiger partial charge in [-0.3, -0.25) is 0 Å². The molecule has 1 aliphatic rings. The number of aliphatic carboxylic acids is 1. The molecular formula is C12H13N3O3. The van der Waals surface area contributed by atoms with E-state index in [0.717, 1.165) is 0 Å². The van der Waals surface area contributed by atoms with Crippen LogP contribution in [-0.2, 0) is 9.53 Å². The van der Waals surface area contributed by atoms with E-state index in [0.29, 0.717) is 18.7 Å². The summed E-state index contributed by atoms with van der Waals surface area (Å²) in [5.74, 6) is -0.915. The van der Waals surface area contributed by atoms with E-state index in [1.807, 2.05) is 6.07 Å². The molecule has 0 aliphatic carbocycles. The second-order valence-corrected chi connectivity index (χ2v) is 4.08. The molecule has 6 heteroatoms. The number of nitriles is 1. The van der Waals surface area contributed by atoms with Crippen molar-refractivity contribution in [1.82, 2.24) is 4.98 Å². The van der Waals surface area contributed by atoms with Crippen LogP contribution >= 0.6 is 0 Å². The Morgan fingerprint density at radius 3 is 3.11 bits per heavy atom. The third kappa shape index (κ3) is 2.13. The van der Waals surface area contributed by atoms with Gasteiger partial charge in [0.15, 0.2) is 5.69 Å². The highest BCUT2D eigenvalue weighted by molar-refractivity contribution is 5.80. The summed E-state index contributed by atoms with van der Waals surface area (Å²) in [6.07, 6.45) is 1.78. The number of methoxy groups -OCH3 is 1. The fourth-order valence-corrected chi connectivity index (χ4v) is 2.18. The predicted octanol–water partition coefficient (Wildman–Crippen LogP) is 0.632. The zero-order valence-electron chi connectivity index (χ0n) is 9.91. The molecule has 1 fully saturated rings. The molecule has 2 rings (SSSR count). The number of nitrogens with zero attached hydrogens (tertiary/aromatic N) is 3. The Morgan fingerprint density at radius 1 is 1.72 bits per heavy atom. The van der Waals surface area contributed by atoms with Crippen molar-refractivity contribution in [2.75, 3.05) is 18.6 Å². The predicted molar refractivity (Wildman–Crippen MR) is 63.1 cm³/mol. The molecule has 1 N–H and O–H groups in total. The molecule has 1 aliphatic heterocycles. The van der Waals surface area contributed by atoms with Crippen LogP contribution < -0.4 is 4.90 Å². The Balaban J connectivity index is 2.36. The van der Waals surface area contributed by atoms with Gasteiger partial charge in [0.2, 0.25) is 0 Å². The van der Waals surface area contributed by atoms with Gasteiger partial charge < -0.3 is 14.7 Å².